The molecule has 0 fully saturated rings. The number of nitrogens with zero attached hydrogens (tertiary/aromatic N) is 1. The third-order valence-electron chi connectivity index (χ3n) is 4.82. The number of rotatable bonds is 7. The van der Waals surface area contributed by atoms with Gasteiger partial charge in [-0.1, -0.05) is 63.2 Å². The zero-order valence-corrected chi connectivity index (χ0v) is 18.0. The first kappa shape index (κ1) is 21.2. The van der Waals surface area contributed by atoms with E-state index in [-0.39, 0.29) is 5.91 Å². The minimum atomic E-state index is -0.211. The maximum Gasteiger partial charge on any atom is 0.272 e. The number of carbonyl (C=O) groups is 1. The Balaban J connectivity index is 1.65. The SMILES string of the molecule is CC(C)Sc1ccc(N(N)C(=O)c2ccc(CC(C)c3ccccc3)cc2)cc1. The molecule has 0 saturated carbocycles. The standard InChI is InChI=1S/C25H28N2OS/c1-18(2)29-24-15-13-23(14-16-24)27(26)25(28)22-11-9-20(10-12-22)17-19(3)21-7-5-4-6-8-21/h4-16,18-19H,17,26H2,1-3H3. The highest BCUT2D eigenvalue weighted by Crippen LogP contribution is 2.25. The molecule has 0 saturated heterocycles. The summed E-state index contributed by atoms with van der Waals surface area (Å²) in [5, 5.41) is 1.73. The molecule has 1 unspecified atom stereocenters. The lowest BCUT2D eigenvalue weighted by atomic mass is 9.93. The molecule has 0 spiro atoms. The molecular formula is C25H28N2OS. The van der Waals surface area contributed by atoms with E-state index in [1.807, 2.05) is 54.6 Å². The van der Waals surface area contributed by atoms with E-state index in [0.717, 1.165) is 6.42 Å². The average molecular weight is 405 g/mol. The van der Waals surface area contributed by atoms with Crippen LogP contribution < -0.4 is 10.9 Å². The molecule has 0 bridgehead atoms. The van der Waals surface area contributed by atoms with Gasteiger partial charge in [0.1, 0.15) is 0 Å². The Morgan fingerprint density at radius 1 is 0.897 bits per heavy atom. The first-order valence-electron chi connectivity index (χ1n) is 9.94. The number of carbonyl (C=O) groups excluding carboxylic acids is 1. The van der Waals surface area contributed by atoms with Gasteiger partial charge in [-0.2, -0.15) is 0 Å². The van der Waals surface area contributed by atoms with Crippen LogP contribution in [0.5, 0.6) is 0 Å². The van der Waals surface area contributed by atoms with Gasteiger partial charge in [0.05, 0.1) is 5.69 Å². The number of nitrogens with two attached hydrogens (primary N) is 1. The van der Waals surface area contributed by atoms with Crippen LogP contribution in [0, 0.1) is 0 Å². The first-order chi connectivity index (χ1) is 13.9. The fourth-order valence-corrected chi connectivity index (χ4v) is 4.09. The summed E-state index contributed by atoms with van der Waals surface area (Å²) < 4.78 is 0. The smallest absolute Gasteiger partial charge is 0.267 e. The van der Waals surface area contributed by atoms with E-state index in [4.69, 9.17) is 5.84 Å². The predicted molar refractivity (Wildman–Crippen MR) is 123 cm³/mol. The Bertz CT molecular complexity index is 921. The minimum absolute atomic E-state index is 0.211. The molecule has 0 aromatic heterocycles. The van der Waals surface area contributed by atoms with Crippen molar-refractivity contribution in [1.29, 1.82) is 0 Å². The minimum Gasteiger partial charge on any atom is -0.267 e. The zero-order chi connectivity index (χ0) is 20.8. The van der Waals surface area contributed by atoms with Gasteiger partial charge in [-0.25, -0.2) is 10.9 Å². The van der Waals surface area contributed by atoms with Crippen molar-refractivity contribution in [3.8, 4) is 0 Å². The Morgan fingerprint density at radius 2 is 1.52 bits per heavy atom. The molecule has 1 atom stereocenters. The van der Waals surface area contributed by atoms with Crippen LogP contribution in [0.15, 0.2) is 83.8 Å². The van der Waals surface area contributed by atoms with Crippen LogP contribution in [0.2, 0.25) is 0 Å². The molecule has 0 aliphatic heterocycles. The summed E-state index contributed by atoms with van der Waals surface area (Å²) >= 11 is 1.78. The molecule has 0 aliphatic carbocycles. The predicted octanol–water partition coefficient (Wildman–Crippen LogP) is 6.05. The van der Waals surface area contributed by atoms with E-state index < -0.39 is 0 Å². The summed E-state index contributed by atoms with van der Waals surface area (Å²) in [5.74, 6) is 6.30. The molecule has 3 aromatic carbocycles. The van der Waals surface area contributed by atoms with Crippen LogP contribution in [0.4, 0.5) is 5.69 Å². The van der Waals surface area contributed by atoms with Crippen LogP contribution in [0.25, 0.3) is 0 Å². The molecule has 0 radical (unpaired) electrons. The lowest BCUT2D eigenvalue weighted by Gasteiger charge is -2.18. The third kappa shape index (κ3) is 5.72. The molecular weight excluding hydrogens is 376 g/mol. The monoisotopic (exact) mass is 404 g/mol. The van der Waals surface area contributed by atoms with Gasteiger partial charge >= 0.3 is 0 Å². The fourth-order valence-electron chi connectivity index (χ4n) is 3.25. The van der Waals surface area contributed by atoms with Gasteiger partial charge in [0, 0.05) is 15.7 Å². The summed E-state index contributed by atoms with van der Waals surface area (Å²) in [6.45, 7) is 6.53. The number of benzene rings is 3. The molecule has 1 amide bonds. The number of hydrogen-bond acceptors (Lipinski definition) is 3. The topological polar surface area (TPSA) is 46.3 Å². The highest BCUT2D eigenvalue weighted by Gasteiger charge is 2.15. The van der Waals surface area contributed by atoms with Crippen molar-refractivity contribution in [1.82, 2.24) is 0 Å². The van der Waals surface area contributed by atoms with Gasteiger partial charge in [0.2, 0.25) is 0 Å². The summed E-state index contributed by atoms with van der Waals surface area (Å²) in [6, 6.07) is 26.0. The quantitative estimate of drug-likeness (QED) is 0.225. The lowest BCUT2D eigenvalue weighted by molar-refractivity contribution is 0.0987. The molecule has 150 valence electrons. The Hall–Kier alpha value is -2.56. The number of hydrogen-bond donors (Lipinski definition) is 1. The summed E-state index contributed by atoms with van der Waals surface area (Å²) in [4.78, 5) is 13.9. The van der Waals surface area contributed by atoms with E-state index in [1.54, 1.807) is 11.8 Å². The van der Waals surface area contributed by atoms with E-state index >= 15 is 0 Å². The van der Waals surface area contributed by atoms with Gasteiger partial charge < -0.3 is 0 Å². The zero-order valence-electron chi connectivity index (χ0n) is 17.2. The molecule has 0 aliphatic rings. The van der Waals surface area contributed by atoms with Crippen LogP contribution in [-0.4, -0.2) is 11.2 Å². The second-order valence-electron chi connectivity index (χ2n) is 7.55. The maximum absolute atomic E-state index is 12.8. The van der Waals surface area contributed by atoms with E-state index in [9.17, 15) is 4.79 Å². The first-order valence-corrected chi connectivity index (χ1v) is 10.8. The second-order valence-corrected chi connectivity index (χ2v) is 9.20. The average Bonchev–Trinajstić information content (AvgIpc) is 2.74. The van der Waals surface area contributed by atoms with Crippen molar-refractivity contribution < 1.29 is 4.79 Å². The number of hydrazine groups is 1. The molecule has 2 N–H and O–H groups in total. The second kappa shape index (κ2) is 9.77. The van der Waals surface area contributed by atoms with Gasteiger partial charge in [0.15, 0.2) is 0 Å². The van der Waals surface area contributed by atoms with Crippen LogP contribution in [-0.2, 0) is 6.42 Å². The fraction of sp³-hybridized carbons (Fsp3) is 0.240. The summed E-state index contributed by atoms with van der Waals surface area (Å²) in [5.41, 5.74) is 3.80. The highest BCUT2D eigenvalue weighted by atomic mass is 32.2. The molecule has 3 rings (SSSR count). The van der Waals surface area contributed by atoms with E-state index in [0.29, 0.717) is 22.4 Å². The van der Waals surface area contributed by atoms with Crippen molar-refractivity contribution in [2.24, 2.45) is 5.84 Å². The summed E-state index contributed by atoms with van der Waals surface area (Å²) in [6.07, 6.45) is 0.930. The molecule has 3 aromatic rings. The molecule has 29 heavy (non-hydrogen) atoms. The van der Waals surface area contributed by atoms with E-state index in [1.165, 1.54) is 21.0 Å². The van der Waals surface area contributed by atoms with Gasteiger partial charge in [-0.15, -0.1) is 11.8 Å². The van der Waals surface area contributed by atoms with Gasteiger partial charge in [-0.05, 0) is 59.9 Å². The molecule has 0 heterocycles. The number of anilines is 1. The Labute approximate surface area is 177 Å². The third-order valence-corrected chi connectivity index (χ3v) is 5.83. The van der Waals surface area contributed by atoms with Crippen molar-refractivity contribution in [2.75, 3.05) is 5.01 Å². The maximum atomic E-state index is 12.8. The van der Waals surface area contributed by atoms with Crippen molar-refractivity contribution in [2.45, 2.75) is 43.3 Å². The largest absolute Gasteiger partial charge is 0.272 e. The number of thioether (sulfide) groups is 1. The lowest BCUT2D eigenvalue weighted by Crippen LogP contribution is -2.37. The van der Waals surface area contributed by atoms with Crippen LogP contribution >= 0.6 is 11.8 Å². The van der Waals surface area contributed by atoms with E-state index in [2.05, 4.69) is 45.0 Å². The van der Waals surface area contributed by atoms with Crippen molar-refractivity contribution >= 4 is 23.4 Å². The highest BCUT2D eigenvalue weighted by molar-refractivity contribution is 7.99. The molecule has 4 heteroatoms. The Morgan fingerprint density at radius 3 is 2.10 bits per heavy atom. The van der Waals surface area contributed by atoms with Crippen molar-refractivity contribution in [3.63, 3.8) is 0 Å². The Kier molecular flexibility index (Phi) is 7.13. The normalized spacial score (nSPS) is 12.0. The number of amides is 1. The summed E-state index contributed by atoms with van der Waals surface area (Å²) in [7, 11) is 0. The molecule has 3 nitrogen and oxygen atoms in total. The van der Waals surface area contributed by atoms with Crippen LogP contribution in [0.1, 0.15) is 48.2 Å². The van der Waals surface area contributed by atoms with Gasteiger partial charge in [-0.3, -0.25) is 4.79 Å². The van der Waals surface area contributed by atoms with Crippen molar-refractivity contribution in [3.05, 3.63) is 95.6 Å². The van der Waals surface area contributed by atoms with Crippen LogP contribution in [0.3, 0.4) is 0 Å². The van der Waals surface area contributed by atoms with Gasteiger partial charge in [0.25, 0.3) is 5.91 Å².